The van der Waals surface area contributed by atoms with Crippen LogP contribution in [0.1, 0.15) is 33.6 Å². The highest BCUT2D eigenvalue weighted by molar-refractivity contribution is 7.92. The Hall–Kier alpha value is -2.79. The summed E-state index contributed by atoms with van der Waals surface area (Å²) >= 11 is 0. The topological polar surface area (TPSA) is 68.3 Å². The Labute approximate surface area is 158 Å². The van der Waals surface area contributed by atoms with E-state index in [-0.39, 0.29) is 18.6 Å². The summed E-state index contributed by atoms with van der Waals surface area (Å²) in [6.07, 6.45) is 1.01. The largest absolute Gasteiger partial charge is 0.294 e. The van der Waals surface area contributed by atoms with E-state index in [9.17, 15) is 18.0 Å². The Bertz CT molecular complexity index is 1090. The number of ketones is 2. The number of sulfone groups is 1. The fraction of sp³-hybridized carbons (Fsp3) is 0.182. The summed E-state index contributed by atoms with van der Waals surface area (Å²) in [4.78, 5) is 25.2. The lowest BCUT2D eigenvalue weighted by Gasteiger charge is -2.14. The molecule has 1 atom stereocenters. The highest BCUT2D eigenvalue weighted by Gasteiger charge is 2.30. The van der Waals surface area contributed by atoms with Crippen LogP contribution in [0.4, 0.5) is 0 Å². The van der Waals surface area contributed by atoms with Crippen molar-refractivity contribution >= 4 is 32.2 Å². The Balaban J connectivity index is 1.78. The van der Waals surface area contributed by atoms with Gasteiger partial charge in [-0.3, -0.25) is 9.59 Å². The molecule has 0 radical (unpaired) electrons. The van der Waals surface area contributed by atoms with Crippen LogP contribution in [0, 0.1) is 0 Å². The van der Waals surface area contributed by atoms with Crippen LogP contribution in [0.15, 0.2) is 72.8 Å². The molecule has 0 aromatic heterocycles. The van der Waals surface area contributed by atoms with Crippen molar-refractivity contribution in [2.24, 2.45) is 0 Å². The van der Waals surface area contributed by atoms with Crippen molar-refractivity contribution in [3.63, 3.8) is 0 Å². The molecular formula is C22H20O4S. The normalized spacial score (nSPS) is 12.6. The van der Waals surface area contributed by atoms with Gasteiger partial charge >= 0.3 is 0 Å². The van der Waals surface area contributed by atoms with Gasteiger partial charge in [-0.05, 0) is 23.3 Å². The summed E-state index contributed by atoms with van der Waals surface area (Å²) in [6, 6.07) is 21.4. The van der Waals surface area contributed by atoms with Gasteiger partial charge in [-0.2, -0.15) is 0 Å². The first kappa shape index (κ1) is 19.0. The van der Waals surface area contributed by atoms with Gasteiger partial charge in [-0.15, -0.1) is 0 Å². The first-order valence-corrected chi connectivity index (χ1v) is 10.6. The smallest absolute Gasteiger partial charge is 0.180 e. The summed E-state index contributed by atoms with van der Waals surface area (Å²) in [5.41, 5.74) is 0.860. The molecule has 3 aromatic carbocycles. The Morgan fingerprint density at radius 2 is 1.44 bits per heavy atom. The van der Waals surface area contributed by atoms with Crippen LogP contribution in [0.2, 0.25) is 0 Å². The van der Waals surface area contributed by atoms with Crippen molar-refractivity contribution in [1.29, 1.82) is 0 Å². The highest BCUT2D eigenvalue weighted by atomic mass is 32.2. The molecule has 0 saturated carbocycles. The number of hydrogen-bond acceptors (Lipinski definition) is 4. The molecule has 3 aromatic rings. The fourth-order valence-corrected chi connectivity index (χ4v) is 4.17. The predicted octanol–water partition coefficient (Wildman–Crippen LogP) is 4.10. The van der Waals surface area contributed by atoms with Gasteiger partial charge in [-0.25, -0.2) is 8.42 Å². The highest BCUT2D eigenvalue weighted by Crippen LogP contribution is 2.20. The maximum Gasteiger partial charge on any atom is 0.180 e. The molecule has 4 nitrogen and oxygen atoms in total. The van der Waals surface area contributed by atoms with E-state index >= 15 is 0 Å². The molecule has 0 aliphatic carbocycles. The van der Waals surface area contributed by atoms with Gasteiger partial charge in [0.1, 0.15) is 5.25 Å². The molecule has 0 spiro atoms. The van der Waals surface area contributed by atoms with Gasteiger partial charge in [0, 0.05) is 23.8 Å². The minimum atomic E-state index is -3.63. The van der Waals surface area contributed by atoms with Crippen molar-refractivity contribution in [1.82, 2.24) is 0 Å². The maximum absolute atomic E-state index is 12.6. The summed E-state index contributed by atoms with van der Waals surface area (Å²) < 4.78 is 24.3. The molecule has 0 aliphatic heterocycles. The third kappa shape index (κ3) is 4.49. The molecule has 138 valence electrons. The van der Waals surface area contributed by atoms with Gasteiger partial charge in [0.15, 0.2) is 21.4 Å². The molecule has 0 heterocycles. The third-order valence-electron chi connectivity index (χ3n) is 4.57. The summed E-state index contributed by atoms with van der Waals surface area (Å²) in [7, 11) is -3.63. The van der Waals surface area contributed by atoms with Crippen LogP contribution in [0.5, 0.6) is 0 Å². The molecule has 0 aliphatic rings. The molecule has 0 N–H and O–H groups in total. The minimum absolute atomic E-state index is 0.00531. The summed E-state index contributed by atoms with van der Waals surface area (Å²) in [5, 5.41) is 0.759. The van der Waals surface area contributed by atoms with Gasteiger partial charge < -0.3 is 0 Å². The lowest BCUT2D eigenvalue weighted by molar-refractivity contribution is 0.0960. The Morgan fingerprint density at radius 1 is 0.815 bits per heavy atom. The van der Waals surface area contributed by atoms with E-state index < -0.39 is 20.9 Å². The van der Waals surface area contributed by atoms with E-state index in [2.05, 4.69) is 0 Å². The number of carbonyl (C=O) groups is 2. The fourth-order valence-electron chi connectivity index (χ4n) is 3.10. The summed E-state index contributed by atoms with van der Waals surface area (Å²) in [5.74, 6) is -0.639. The third-order valence-corrected chi connectivity index (χ3v) is 6.06. The average Bonchev–Trinajstić information content (AvgIpc) is 2.67. The van der Waals surface area contributed by atoms with E-state index in [1.54, 1.807) is 42.5 Å². The molecule has 0 fully saturated rings. The van der Waals surface area contributed by atoms with Gasteiger partial charge in [-0.1, -0.05) is 66.7 Å². The predicted molar refractivity (Wildman–Crippen MR) is 107 cm³/mol. The Morgan fingerprint density at radius 3 is 2.11 bits per heavy atom. The lowest BCUT2D eigenvalue weighted by Crippen LogP contribution is -2.30. The van der Waals surface area contributed by atoms with E-state index in [1.165, 1.54) is 0 Å². The van der Waals surface area contributed by atoms with Crippen molar-refractivity contribution in [2.45, 2.75) is 18.1 Å². The van der Waals surface area contributed by atoms with Crippen molar-refractivity contribution in [3.05, 3.63) is 83.9 Å². The second kappa shape index (κ2) is 7.84. The quantitative estimate of drug-likeness (QED) is 0.579. The average molecular weight is 380 g/mol. The van der Waals surface area contributed by atoms with Crippen molar-refractivity contribution in [3.8, 4) is 0 Å². The second-order valence-electron chi connectivity index (χ2n) is 6.57. The van der Waals surface area contributed by atoms with Gasteiger partial charge in [0.2, 0.25) is 0 Å². The number of benzene rings is 3. The van der Waals surface area contributed by atoms with Crippen LogP contribution in [-0.4, -0.2) is 31.5 Å². The molecule has 5 heteroatoms. The number of hydrogen-bond donors (Lipinski definition) is 0. The number of rotatable bonds is 7. The standard InChI is InChI=1S/C22H20O4S/c1-27(25,26)21(22(24)17-8-3-2-4-9-17)14-13-20(23)19-12-11-16-7-5-6-10-18(16)15-19/h2-12,15,21H,13-14H2,1H3. The number of carbonyl (C=O) groups excluding carboxylic acids is 2. The first-order chi connectivity index (χ1) is 12.9. The van der Waals surface area contributed by atoms with Gasteiger partial charge in [0.25, 0.3) is 0 Å². The second-order valence-corrected chi connectivity index (χ2v) is 8.80. The monoisotopic (exact) mass is 380 g/mol. The minimum Gasteiger partial charge on any atom is -0.294 e. The zero-order valence-electron chi connectivity index (χ0n) is 15.0. The zero-order valence-corrected chi connectivity index (χ0v) is 15.8. The van der Waals surface area contributed by atoms with E-state index in [0.29, 0.717) is 11.1 Å². The SMILES string of the molecule is CS(=O)(=O)C(CCC(=O)c1ccc2ccccc2c1)C(=O)c1ccccc1. The Kier molecular flexibility index (Phi) is 5.51. The summed E-state index contributed by atoms with van der Waals surface area (Å²) in [6.45, 7) is 0. The molecule has 0 bridgehead atoms. The zero-order chi connectivity index (χ0) is 19.4. The van der Waals surface area contributed by atoms with Crippen LogP contribution < -0.4 is 0 Å². The van der Waals surface area contributed by atoms with E-state index in [0.717, 1.165) is 17.0 Å². The van der Waals surface area contributed by atoms with E-state index in [4.69, 9.17) is 0 Å². The molecule has 27 heavy (non-hydrogen) atoms. The molecule has 1 unspecified atom stereocenters. The first-order valence-electron chi connectivity index (χ1n) is 8.66. The van der Waals surface area contributed by atoms with Gasteiger partial charge in [0.05, 0.1) is 0 Å². The van der Waals surface area contributed by atoms with Crippen LogP contribution in [0.3, 0.4) is 0 Å². The van der Waals surface area contributed by atoms with Crippen LogP contribution in [-0.2, 0) is 9.84 Å². The maximum atomic E-state index is 12.6. The van der Waals surface area contributed by atoms with E-state index in [1.807, 2.05) is 30.3 Å². The van der Waals surface area contributed by atoms with Crippen LogP contribution in [0.25, 0.3) is 10.8 Å². The number of Topliss-reactive ketones (excluding diaryl/α,β-unsaturated/α-hetero) is 2. The molecule has 0 amide bonds. The van der Waals surface area contributed by atoms with Crippen molar-refractivity contribution in [2.75, 3.05) is 6.26 Å². The molecule has 3 rings (SSSR count). The number of fused-ring (bicyclic) bond motifs is 1. The molecule has 0 saturated heterocycles. The van der Waals surface area contributed by atoms with Crippen molar-refractivity contribution < 1.29 is 18.0 Å². The molecular weight excluding hydrogens is 360 g/mol. The van der Waals surface area contributed by atoms with Crippen LogP contribution >= 0.6 is 0 Å². The lowest BCUT2D eigenvalue weighted by atomic mass is 9.99.